The highest BCUT2D eigenvalue weighted by Gasteiger charge is 2.46. The number of likely N-dealkylation sites (N-methyl/N-ethyl adjacent to an activating group) is 1. The number of esters is 1. The maximum atomic E-state index is 17.0. The molecule has 0 unspecified atom stereocenters. The van der Waals surface area contributed by atoms with Gasteiger partial charge in [0, 0.05) is 53.6 Å². The van der Waals surface area contributed by atoms with Gasteiger partial charge in [-0.1, -0.05) is 25.4 Å². The van der Waals surface area contributed by atoms with E-state index < -0.39 is 46.4 Å². The van der Waals surface area contributed by atoms with Crippen LogP contribution < -0.4 is 25.7 Å². The number of halogens is 5. The number of piperazine rings is 1. The van der Waals surface area contributed by atoms with Crippen molar-refractivity contribution in [3.8, 4) is 34.4 Å². The first-order valence-electron chi connectivity index (χ1n) is 23.5. The van der Waals surface area contributed by atoms with E-state index in [0.717, 1.165) is 42.0 Å². The number of hydrogen-bond donors (Lipinski definition) is 2. The van der Waals surface area contributed by atoms with Crippen LogP contribution in [0.3, 0.4) is 0 Å². The molecular weight excluding hydrogens is 950 g/mol. The summed E-state index contributed by atoms with van der Waals surface area (Å²) in [6, 6.07) is 8.83. The summed E-state index contributed by atoms with van der Waals surface area (Å²) >= 11 is 6.71. The van der Waals surface area contributed by atoms with Crippen molar-refractivity contribution < 1.29 is 46.5 Å². The standard InChI is InChI=1S/C50H50ClF4N9O7/c1-6-28-29-16-27(10-11-35(29)57-42-31(28)20-64-36(42)18-33-32(46(64)66)22-70-47(67)49(33,68)7-2)69-23-38(65)62-13-14-63(25(4)19-62)45-30-17-34(51)39(44-40(50(53,54)55)24(3)15-37(56)58-44)41(52)43(30)59-48(60-45)71-21-26-9-8-12-61(26)5/h10-11,15-18,25-26,68H,6-9,12-14,19-23H2,1-5H3,(H2,56,58)/t25-,26-,49-/m0/s1. The molecule has 21 heteroatoms. The fourth-order valence-electron chi connectivity index (χ4n) is 10.6. The lowest BCUT2D eigenvalue weighted by molar-refractivity contribution is -0.172. The Bertz CT molecular complexity index is 3280. The molecule has 3 atom stereocenters. The number of aryl methyl sites for hydroxylation is 2. The van der Waals surface area contributed by atoms with Gasteiger partial charge in [-0.2, -0.15) is 23.1 Å². The van der Waals surface area contributed by atoms with Crippen LogP contribution in [0.1, 0.15) is 73.4 Å². The van der Waals surface area contributed by atoms with Crippen molar-refractivity contribution in [3.05, 3.63) is 91.0 Å². The average Bonchev–Trinajstić information content (AvgIpc) is 3.92. The largest absolute Gasteiger partial charge is 0.484 e. The Hall–Kier alpha value is -6.64. The Balaban J connectivity index is 0.904. The monoisotopic (exact) mass is 999 g/mol. The number of hydrogen-bond acceptors (Lipinski definition) is 14. The Morgan fingerprint density at radius 1 is 1.01 bits per heavy atom. The number of nitrogens with two attached hydrogens (primary N) is 1. The molecule has 0 spiro atoms. The molecule has 2 aromatic carbocycles. The Kier molecular flexibility index (Phi) is 12.1. The lowest BCUT2D eigenvalue weighted by Gasteiger charge is -2.41. The van der Waals surface area contributed by atoms with Gasteiger partial charge in [-0.05, 0) is 101 Å². The zero-order valence-corrected chi connectivity index (χ0v) is 40.3. The minimum absolute atomic E-state index is 0.0298. The molecule has 0 saturated carbocycles. The molecule has 2 fully saturated rings. The molecule has 2 saturated heterocycles. The number of carbonyl (C=O) groups excluding carboxylic acids is 2. The van der Waals surface area contributed by atoms with E-state index in [1.807, 2.05) is 31.9 Å². The van der Waals surface area contributed by atoms with Crippen LogP contribution in [0.15, 0.2) is 41.2 Å². The number of ether oxygens (including phenoxy) is 3. The van der Waals surface area contributed by atoms with Crippen molar-refractivity contribution in [2.24, 2.45) is 0 Å². The number of likely N-dealkylation sites (tertiary alicyclic amines) is 1. The predicted octanol–water partition coefficient (Wildman–Crippen LogP) is 6.94. The second-order valence-corrected chi connectivity index (χ2v) is 19.1. The van der Waals surface area contributed by atoms with Gasteiger partial charge in [0.1, 0.15) is 36.1 Å². The van der Waals surface area contributed by atoms with Gasteiger partial charge in [-0.15, -0.1) is 0 Å². The van der Waals surface area contributed by atoms with Crippen molar-refractivity contribution in [3.63, 3.8) is 0 Å². The van der Waals surface area contributed by atoms with Gasteiger partial charge in [0.15, 0.2) is 18.0 Å². The summed E-state index contributed by atoms with van der Waals surface area (Å²) in [7, 11) is 1.97. The van der Waals surface area contributed by atoms with Crippen molar-refractivity contribution >= 4 is 56.9 Å². The van der Waals surface area contributed by atoms with Gasteiger partial charge < -0.3 is 44.3 Å². The molecule has 8 heterocycles. The topological polar surface area (TPSA) is 191 Å². The normalized spacial score (nSPS) is 20.1. The highest BCUT2D eigenvalue weighted by Crippen LogP contribution is 2.46. The number of carbonyl (C=O) groups is 2. The zero-order valence-electron chi connectivity index (χ0n) is 39.5. The quantitative estimate of drug-likeness (QED) is 0.106. The second kappa shape index (κ2) is 17.9. The Labute approximate surface area is 409 Å². The maximum absolute atomic E-state index is 17.0. The first kappa shape index (κ1) is 48.0. The number of amides is 1. The number of anilines is 2. The fourth-order valence-corrected chi connectivity index (χ4v) is 10.9. The Morgan fingerprint density at radius 3 is 2.51 bits per heavy atom. The van der Waals surface area contributed by atoms with E-state index in [4.69, 9.17) is 41.5 Å². The molecule has 1 amide bonds. The molecule has 372 valence electrons. The van der Waals surface area contributed by atoms with Crippen molar-refractivity contribution in [1.82, 2.24) is 34.3 Å². The smallest absolute Gasteiger partial charge is 0.418 e. The van der Waals surface area contributed by atoms with E-state index in [-0.39, 0.29) is 120 Å². The minimum atomic E-state index is -4.92. The number of aromatic nitrogens is 5. The number of nitrogen functional groups attached to an aromatic ring is 1. The van der Waals surface area contributed by atoms with Crippen LogP contribution >= 0.6 is 11.6 Å². The lowest BCUT2D eigenvalue weighted by atomic mass is 9.86. The molecule has 0 bridgehead atoms. The summed E-state index contributed by atoms with van der Waals surface area (Å²) < 4.78 is 79.6. The minimum Gasteiger partial charge on any atom is -0.484 e. The van der Waals surface area contributed by atoms with Crippen molar-refractivity contribution in [2.75, 3.05) is 57.1 Å². The van der Waals surface area contributed by atoms with E-state index in [0.29, 0.717) is 29.1 Å². The van der Waals surface area contributed by atoms with Crippen LogP contribution in [0.2, 0.25) is 5.02 Å². The van der Waals surface area contributed by atoms with Gasteiger partial charge in [-0.3, -0.25) is 9.59 Å². The summed E-state index contributed by atoms with van der Waals surface area (Å²) in [5.74, 6) is -1.85. The molecular formula is C50H50ClF4N9O7. The van der Waals surface area contributed by atoms with E-state index in [1.54, 1.807) is 34.6 Å². The molecule has 0 aliphatic carbocycles. The number of rotatable bonds is 10. The zero-order chi connectivity index (χ0) is 50.4. The molecule has 4 aromatic heterocycles. The molecule has 4 aliphatic heterocycles. The first-order chi connectivity index (χ1) is 33.8. The lowest BCUT2D eigenvalue weighted by Crippen LogP contribution is -2.55. The first-order valence-corrected chi connectivity index (χ1v) is 23.9. The second-order valence-electron chi connectivity index (χ2n) is 18.7. The summed E-state index contributed by atoms with van der Waals surface area (Å²) in [5.41, 5.74) is 4.42. The van der Waals surface area contributed by atoms with Crippen LogP contribution in [0.5, 0.6) is 11.8 Å². The molecule has 6 aromatic rings. The molecule has 16 nitrogen and oxygen atoms in total. The Morgan fingerprint density at radius 2 is 1.80 bits per heavy atom. The highest BCUT2D eigenvalue weighted by atomic mass is 35.5. The number of benzene rings is 2. The number of cyclic esters (lactones) is 1. The number of alkyl halides is 3. The van der Waals surface area contributed by atoms with Crippen LogP contribution in [0, 0.1) is 12.7 Å². The molecule has 71 heavy (non-hydrogen) atoms. The van der Waals surface area contributed by atoms with Crippen LogP contribution in [0.4, 0.5) is 29.2 Å². The average molecular weight is 1000 g/mol. The van der Waals surface area contributed by atoms with Gasteiger partial charge in [0.25, 0.3) is 11.5 Å². The number of nitrogens with zero attached hydrogens (tertiary/aromatic N) is 8. The van der Waals surface area contributed by atoms with Crippen LogP contribution in [-0.2, 0) is 45.7 Å². The number of aliphatic hydroxyl groups is 1. The van der Waals surface area contributed by atoms with Gasteiger partial charge >= 0.3 is 18.2 Å². The van der Waals surface area contributed by atoms with E-state index >= 15 is 4.39 Å². The van der Waals surface area contributed by atoms with Gasteiger partial charge in [0.05, 0.1) is 50.9 Å². The fraction of sp³-hybridized carbons (Fsp3) is 0.420. The van der Waals surface area contributed by atoms with E-state index in [1.165, 1.54) is 13.0 Å². The summed E-state index contributed by atoms with van der Waals surface area (Å²) in [6.45, 7) is 8.13. The third kappa shape index (κ3) is 8.12. The maximum Gasteiger partial charge on any atom is 0.418 e. The number of fused-ring (bicyclic) bond motifs is 6. The number of pyridine rings is 3. The molecule has 3 N–H and O–H groups in total. The van der Waals surface area contributed by atoms with E-state index in [9.17, 15) is 32.7 Å². The third-order valence-corrected chi connectivity index (χ3v) is 14.7. The van der Waals surface area contributed by atoms with Gasteiger partial charge in [0.2, 0.25) is 0 Å². The summed E-state index contributed by atoms with van der Waals surface area (Å²) in [4.78, 5) is 64.0. The van der Waals surface area contributed by atoms with Crippen molar-refractivity contribution in [1.29, 1.82) is 0 Å². The van der Waals surface area contributed by atoms with Crippen LogP contribution in [0.25, 0.3) is 44.5 Å². The highest BCUT2D eigenvalue weighted by molar-refractivity contribution is 6.34. The van der Waals surface area contributed by atoms with E-state index in [2.05, 4.69) is 14.9 Å². The molecule has 10 rings (SSSR count). The van der Waals surface area contributed by atoms with Crippen LogP contribution in [-0.4, -0.2) is 110 Å². The van der Waals surface area contributed by atoms with Crippen molar-refractivity contribution in [2.45, 2.75) is 90.4 Å². The molecule has 0 radical (unpaired) electrons. The predicted molar refractivity (Wildman–Crippen MR) is 256 cm³/mol. The summed E-state index contributed by atoms with van der Waals surface area (Å²) in [5, 5.41) is 11.8. The summed E-state index contributed by atoms with van der Waals surface area (Å²) in [6.07, 6.45) is -2.49. The third-order valence-electron chi connectivity index (χ3n) is 14.4. The SMILES string of the molecule is CCc1c2c(nc3ccc(OCC(=O)N4CCN(c5nc(OC[C@@H]6CCCN6C)nc6c(F)c(-c7nc(N)cc(C)c7C(F)(F)F)c(Cl)cc56)[C@@H](C)C4)cc13)-c1cc3c(c(=O)n1C2)COC(=O)[C@]3(O)CC. The molecule has 4 aliphatic rings. The van der Waals surface area contributed by atoms with Gasteiger partial charge in [-0.25, -0.2) is 19.2 Å².